The molecule has 1 aliphatic rings. The molecule has 1 heterocycles. The molecule has 110 valence electrons. The first-order chi connectivity index (χ1) is 9.70. The molecule has 0 fully saturated rings. The minimum absolute atomic E-state index is 0.0305. The Balaban J connectivity index is 1.81. The van der Waals surface area contributed by atoms with E-state index in [9.17, 15) is 0 Å². The number of methoxy groups -OCH3 is 1. The average Bonchev–Trinajstić information content (AvgIpc) is 2.47. The summed E-state index contributed by atoms with van der Waals surface area (Å²) < 4.78 is 16.6. The van der Waals surface area contributed by atoms with Crippen molar-refractivity contribution in [3.8, 4) is 11.5 Å². The van der Waals surface area contributed by atoms with Gasteiger partial charge in [-0.2, -0.15) is 0 Å². The molecular formula is C14H20N2O3S. The molecule has 5 nitrogen and oxygen atoms in total. The molecule has 6 heteroatoms. The minimum Gasteiger partial charge on any atom is -0.486 e. The highest BCUT2D eigenvalue weighted by Gasteiger charge is 2.22. The molecular weight excluding hydrogens is 276 g/mol. The van der Waals surface area contributed by atoms with Crippen LogP contribution in [0.15, 0.2) is 24.3 Å². The predicted octanol–water partition coefficient (Wildman–Crippen LogP) is 1.28. The maximum absolute atomic E-state index is 5.90. The number of thiocarbonyl (C=S) groups is 1. The first-order valence-electron chi connectivity index (χ1n) is 6.57. The van der Waals surface area contributed by atoms with Crippen LogP contribution in [0, 0.1) is 0 Å². The number of benzene rings is 1. The van der Waals surface area contributed by atoms with Gasteiger partial charge in [-0.15, -0.1) is 0 Å². The number of hydrogen-bond donors (Lipinski definition) is 1. The lowest BCUT2D eigenvalue weighted by Crippen LogP contribution is -2.46. The van der Waals surface area contributed by atoms with Crippen molar-refractivity contribution in [3.05, 3.63) is 24.3 Å². The molecule has 0 radical (unpaired) electrons. The topological polar surface area (TPSA) is 43.0 Å². The van der Waals surface area contributed by atoms with Crippen molar-refractivity contribution in [1.29, 1.82) is 0 Å². The first-order valence-corrected chi connectivity index (χ1v) is 6.98. The van der Waals surface area contributed by atoms with Crippen LogP contribution in [0.2, 0.25) is 0 Å². The quantitative estimate of drug-likeness (QED) is 0.652. The molecule has 0 bridgehead atoms. The Morgan fingerprint density at radius 1 is 1.45 bits per heavy atom. The van der Waals surface area contributed by atoms with Crippen molar-refractivity contribution in [2.24, 2.45) is 0 Å². The number of nitrogens with one attached hydrogen (secondary N) is 1. The van der Waals surface area contributed by atoms with Crippen LogP contribution in [0.1, 0.15) is 0 Å². The summed E-state index contributed by atoms with van der Waals surface area (Å²) in [4.78, 5) is 1.95. The minimum atomic E-state index is -0.0305. The van der Waals surface area contributed by atoms with E-state index < -0.39 is 0 Å². The number of likely N-dealkylation sites (N-methyl/N-ethyl adjacent to an activating group) is 1. The molecule has 1 aromatic rings. The molecule has 1 atom stereocenters. The standard InChI is InChI=1S/C14H20N2O3S/c1-16(14(20)15-7-8-17-2)9-11-10-18-12-5-3-4-6-13(12)19-11/h3-6,11H,7-10H2,1-2H3,(H,15,20). The average molecular weight is 296 g/mol. The summed E-state index contributed by atoms with van der Waals surface area (Å²) in [5.41, 5.74) is 0. The first kappa shape index (κ1) is 14.9. The summed E-state index contributed by atoms with van der Waals surface area (Å²) in [7, 11) is 3.60. The Labute approximate surface area is 124 Å². The Bertz CT molecular complexity index is 456. The molecule has 20 heavy (non-hydrogen) atoms. The normalized spacial score (nSPS) is 16.6. The van der Waals surface area contributed by atoms with Gasteiger partial charge in [-0.3, -0.25) is 0 Å². The van der Waals surface area contributed by atoms with E-state index in [1.807, 2.05) is 36.2 Å². The highest BCUT2D eigenvalue weighted by molar-refractivity contribution is 7.80. The highest BCUT2D eigenvalue weighted by atomic mass is 32.1. The number of para-hydroxylation sites is 2. The molecule has 0 saturated heterocycles. The summed E-state index contributed by atoms with van der Waals surface area (Å²) in [6.45, 7) is 2.53. The number of nitrogens with zero attached hydrogens (tertiary/aromatic N) is 1. The van der Waals surface area contributed by atoms with Gasteiger partial charge in [-0.1, -0.05) is 12.1 Å². The van der Waals surface area contributed by atoms with Crippen LogP contribution in [0.5, 0.6) is 11.5 Å². The maximum atomic E-state index is 5.90. The van der Waals surface area contributed by atoms with Crippen molar-refractivity contribution < 1.29 is 14.2 Å². The Kier molecular flexibility index (Phi) is 5.43. The third-order valence-electron chi connectivity index (χ3n) is 2.97. The van der Waals surface area contributed by atoms with E-state index in [1.54, 1.807) is 7.11 Å². The number of hydrogen-bond acceptors (Lipinski definition) is 4. The smallest absolute Gasteiger partial charge is 0.168 e. The molecule has 0 saturated carbocycles. The van der Waals surface area contributed by atoms with E-state index in [1.165, 1.54) is 0 Å². The van der Waals surface area contributed by atoms with Crippen LogP contribution in [0.3, 0.4) is 0 Å². The second-order valence-electron chi connectivity index (χ2n) is 4.60. The van der Waals surface area contributed by atoms with Gasteiger partial charge in [-0.05, 0) is 24.4 Å². The van der Waals surface area contributed by atoms with Crippen LogP contribution in [-0.2, 0) is 4.74 Å². The predicted molar refractivity (Wildman–Crippen MR) is 81.5 cm³/mol. The van der Waals surface area contributed by atoms with Crippen molar-refractivity contribution in [1.82, 2.24) is 10.2 Å². The summed E-state index contributed by atoms with van der Waals surface area (Å²) in [6.07, 6.45) is -0.0305. The zero-order chi connectivity index (χ0) is 14.4. The van der Waals surface area contributed by atoms with E-state index in [-0.39, 0.29) is 6.10 Å². The fourth-order valence-electron chi connectivity index (χ4n) is 1.94. The monoisotopic (exact) mass is 296 g/mol. The van der Waals surface area contributed by atoms with Gasteiger partial charge in [0.2, 0.25) is 0 Å². The van der Waals surface area contributed by atoms with E-state index in [4.69, 9.17) is 26.4 Å². The van der Waals surface area contributed by atoms with E-state index >= 15 is 0 Å². The third kappa shape index (κ3) is 3.98. The van der Waals surface area contributed by atoms with Gasteiger partial charge in [0, 0.05) is 20.7 Å². The van der Waals surface area contributed by atoms with Gasteiger partial charge in [0.25, 0.3) is 0 Å². The van der Waals surface area contributed by atoms with Crippen molar-refractivity contribution in [2.75, 3.05) is 40.5 Å². The van der Waals surface area contributed by atoms with Gasteiger partial charge in [-0.25, -0.2) is 0 Å². The third-order valence-corrected chi connectivity index (χ3v) is 3.43. The van der Waals surface area contributed by atoms with Crippen molar-refractivity contribution in [2.45, 2.75) is 6.10 Å². The molecule has 1 unspecified atom stereocenters. The lowest BCUT2D eigenvalue weighted by Gasteiger charge is -2.30. The summed E-state index contributed by atoms with van der Waals surface area (Å²) in [5.74, 6) is 1.59. The Morgan fingerprint density at radius 3 is 2.95 bits per heavy atom. The van der Waals surface area contributed by atoms with Crippen LogP contribution >= 0.6 is 12.2 Å². The van der Waals surface area contributed by atoms with Crippen molar-refractivity contribution >= 4 is 17.3 Å². The van der Waals surface area contributed by atoms with E-state index in [0.717, 1.165) is 11.5 Å². The SMILES string of the molecule is COCCNC(=S)N(C)CC1COc2ccccc2O1. The summed E-state index contributed by atoms with van der Waals surface area (Å²) in [6, 6.07) is 7.69. The number of ether oxygens (including phenoxy) is 3. The van der Waals surface area contributed by atoms with Crippen LogP contribution < -0.4 is 14.8 Å². The number of rotatable bonds is 5. The van der Waals surface area contributed by atoms with Gasteiger partial charge in [0.05, 0.1) is 13.2 Å². The molecule has 1 aromatic carbocycles. The zero-order valence-corrected chi connectivity index (χ0v) is 12.6. The molecule has 2 rings (SSSR count). The van der Waals surface area contributed by atoms with Crippen LogP contribution in [-0.4, -0.2) is 56.6 Å². The van der Waals surface area contributed by atoms with Gasteiger partial charge in [0.1, 0.15) is 6.61 Å². The molecule has 0 aliphatic carbocycles. The fraction of sp³-hybridized carbons (Fsp3) is 0.500. The maximum Gasteiger partial charge on any atom is 0.168 e. The lowest BCUT2D eigenvalue weighted by molar-refractivity contribution is 0.0778. The number of fused-ring (bicyclic) bond motifs is 1. The second kappa shape index (κ2) is 7.31. The van der Waals surface area contributed by atoms with Gasteiger partial charge < -0.3 is 24.4 Å². The van der Waals surface area contributed by atoms with Gasteiger partial charge in [0.15, 0.2) is 22.7 Å². The largest absolute Gasteiger partial charge is 0.486 e. The Morgan fingerprint density at radius 2 is 2.20 bits per heavy atom. The second-order valence-corrected chi connectivity index (χ2v) is 4.99. The summed E-state index contributed by atoms with van der Waals surface area (Å²) in [5, 5.41) is 3.81. The molecule has 0 amide bonds. The van der Waals surface area contributed by atoms with Crippen LogP contribution in [0.4, 0.5) is 0 Å². The molecule has 1 aliphatic heterocycles. The molecule has 0 aromatic heterocycles. The lowest BCUT2D eigenvalue weighted by atomic mass is 10.2. The van der Waals surface area contributed by atoms with Crippen LogP contribution in [0.25, 0.3) is 0 Å². The molecule has 0 spiro atoms. The fourth-order valence-corrected chi connectivity index (χ4v) is 2.11. The van der Waals surface area contributed by atoms with Gasteiger partial charge >= 0.3 is 0 Å². The van der Waals surface area contributed by atoms with E-state index in [0.29, 0.717) is 31.4 Å². The van der Waals surface area contributed by atoms with Crippen molar-refractivity contribution in [3.63, 3.8) is 0 Å². The summed E-state index contributed by atoms with van der Waals surface area (Å²) >= 11 is 5.30. The van der Waals surface area contributed by atoms with E-state index in [2.05, 4.69) is 5.32 Å². The molecule has 1 N–H and O–H groups in total. The zero-order valence-electron chi connectivity index (χ0n) is 11.8. The highest BCUT2D eigenvalue weighted by Crippen LogP contribution is 2.30. The Hall–Kier alpha value is -1.53.